The molecule has 5 heteroatoms. The van der Waals surface area contributed by atoms with Crippen LogP contribution in [-0.2, 0) is 4.79 Å². The van der Waals surface area contributed by atoms with Crippen molar-refractivity contribution in [2.24, 2.45) is 11.8 Å². The number of aliphatic carboxylic acids is 1. The lowest BCUT2D eigenvalue weighted by molar-refractivity contribution is -0.142. The van der Waals surface area contributed by atoms with Crippen LogP contribution >= 0.6 is 11.3 Å². The van der Waals surface area contributed by atoms with E-state index >= 15 is 0 Å². The van der Waals surface area contributed by atoms with Gasteiger partial charge in [0.25, 0.3) is 0 Å². The van der Waals surface area contributed by atoms with Gasteiger partial charge < -0.3 is 10.0 Å². The molecule has 2 aromatic rings. The van der Waals surface area contributed by atoms with Crippen molar-refractivity contribution in [3.05, 3.63) is 36.5 Å². The third kappa shape index (κ3) is 3.08. The maximum Gasteiger partial charge on any atom is 0.308 e. The van der Waals surface area contributed by atoms with E-state index in [1.54, 1.807) is 11.3 Å². The van der Waals surface area contributed by atoms with Gasteiger partial charge in [0.15, 0.2) is 5.13 Å². The Morgan fingerprint density at radius 3 is 2.81 bits per heavy atom. The first-order chi connectivity index (χ1) is 10.1. The minimum absolute atomic E-state index is 0.294. The van der Waals surface area contributed by atoms with Crippen molar-refractivity contribution in [1.29, 1.82) is 0 Å². The quantitative estimate of drug-likeness (QED) is 0.944. The molecule has 0 bridgehead atoms. The van der Waals surface area contributed by atoms with Gasteiger partial charge in [0, 0.05) is 19.3 Å². The number of rotatable bonds is 3. The molecule has 1 fully saturated rings. The Labute approximate surface area is 128 Å². The maximum atomic E-state index is 11.3. The van der Waals surface area contributed by atoms with Crippen molar-refractivity contribution >= 4 is 22.4 Å². The Morgan fingerprint density at radius 2 is 2.10 bits per heavy atom. The second-order valence-electron chi connectivity index (χ2n) is 5.65. The molecule has 2 atom stereocenters. The third-order valence-electron chi connectivity index (χ3n) is 3.83. The number of hydrogen-bond donors (Lipinski definition) is 1. The van der Waals surface area contributed by atoms with Crippen LogP contribution in [0.25, 0.3) is 10.4 Å². The molecule has 1 aliphatic rings. The number of nitrogens with zero attached hydrogens (tertiary/aromatic N) is 2. The van der Waals surface area contributed by atoms with Gasteiger partial charge in [-0.15, -0.1) is 0 Å². The van der Waals surface area contributed by atoms with Crippen LogP contribution in [0.4, 0.5) is 5.13 Å². The molecule has 1 saturated heterocycles. The average molecular weight is 302 g/mol. The molecule has 1 aliphatic heterocycles. The van der Waals surface area contributed by atoms with Crippen molar-refractivity contribution in [3.8, 4) is 10.4 Å². The van der Waals surface area contributed by atoms with Crippen LogP contribution in [0, 0.1) is 11.8 Å². The zero-order valence-corrected chi connectivity index (χ0v) is 12.7. The highest BCUT2D eigenvalue weighted by molar-refractivity contribution is 7.18. The lowest BCUT2D eigenvalue weighted by Gasteiger charge is -2.34. The first-order valence-electron chi connectivity index (χ1n) is 7.12. The summed E-state index contributed by atoms with van der Waals surface area (Å²) >= 11 is 1.63. The van der Waals surface area contributed by atoms with Gasteiger partial charge in [0.1, 0.15) is 0 Å². The molecule has 1 N–H and O–H groups in total. The minimum atomic E-state index is -0.702. The summed E-state index contributed by atoms with van der Waals surface area (Å²) in [5.74, 6) is -0.617. The van der Waals surface area contributed by atoms with Crippen LogP contribution in [0.15, 0.2) is 36.5 Å². The lowest BCUT2D eigenvalue weighted by atomic mass is 9.91. The molecule has 110 valence electrons. The van der Waals surface area contributed by atoms with Crippen LogP contribution in [0.5, 0.6) is 0 Å². The highest BCUT2D eigenvalue weighted by Crippen LogP contribution is 2.34. The predicted octanol–water partition coefficient (Wildman–Crippen LogP) is 3.36. The number of thiazole rings is 1. The molecule has 4 nitrogen and oxygen atoms in total. The Hall–Kier alpha value is -1.88. The van der Waals surface area contributed by atoms with E-state index in [-0.39, 0.29) is 5.92 Å². The van der Waals surface area contributed by atoms with E-state index in [4.69, 9.17) is 0 Å². The van der Waals surface area contributed by atoms with Gasteiger partial charge in [-0.05, 0) is 17.9 Å². The summed E-state index contributed by atoms with van der Waals surface area (Å²) in [5.41, 5.74) is 1.15. The summed E-state index contributed by atoms with van der Waals surface area (Å²) in [6, 6.07) is 10.2. The van der Waals surface area contributed by atoms with E-state index in [0.717, 1.165) is 28.5 Å². The van der Waals surface area contributed by atoms with Gasteiger partial charge in [-0.1, -0.05) is 48.6 Å². The standard InChI is InChI=1S/C16H18N2O2S/c1-11-7-13(15(19)20)10-18(9-11)16-17-8-14(21-16)12-5-3-2-4-6-12/h2-6,8,11,13H,7,9-10H2,1H3,(H,19,20). The molecule has 1 aromatic carbocycles. The molecule has 0 aliphatic carbocycles. The minimum Gasteiger partial charge on any atom is -0.481 e. The van der Waals surface area contributed by atoms with E-state index in [2.05, 4.69) is 28.9 Å². The Kier molecular flexibility index (Phi) is 3.92. The van der Waals surface area contributed by atoms with E-state index in [0.29, 0.717) is 12.5 Å². The monoisotopic (exact) mass is 302 g/mol. The number of aromatic nitrogens is 1. The summed E-state index contributed by atoms with van der Waals surface area (Å²) in [6.45, 7) is 3.54. The molecule has 0 amide bonds. The van der Waals surface area contributed by atoms with Crippen LogP contribution in [0.2, 0.25) is 0 Å². The SMILES string of the molecule is CC1CC(C(=O)O)CN(c2ncc(-c3ccccc3)s2)C1. The number of carboxylic acid groups (broad SMARTS) is 1. The fraction of sp³-hybridized carbons (Fsp3) is 0.375. The zero-order chi connectivity index (χ0) is 14.8. The molecule has 0 saturated carbocycles. The van der Waals surface area contributed by atoms with Crippen LogP contribution in [0.1, 0.15) is 13.3 Å². The van der Waals surface area contributed by atoms with Gasteiger partial charge in [0.05, 0.1) is 10.8 Å². The number of carboxylic acids is 1. The van der Waals surface area contributed by atoms with Crippen molar-refractivity contribution < 1.29 is 9.90 Å². The topological polar surface area (TPSA) is 53.4 Å². The number of piperidine rings is 1. The van der Waals surface area contributed by atoms with E-state index in [1.807, 2.05) is 24.4 Å². The second-order valence-corrected chi connectivity index (χ2v) is 6.66. The molecule has 21 heavy (non-hydrogen) atoms. The predicted molar refractivity (Wildman–Crippen MR) is 84.7 cm³/mol. The molecular weight excluding hydrogens is 284 g/mol. The van der Waals surface area contributed by atoms with Crippen LogP contribution in [-0.4, -0.2) is 29.1 Å². The normalized spacial score (nSPS) is 22.2. The molecule has 0 spiro atoms. The fourth-order valence-electron chi connectivity index (χ4n) is 2.83. The number of benzene rings is 1. The van der Waals surface area contributed by atoms with Crippen LogP contribution < -0.4 is 4.90 Å². The molecular formula is C16H18N2O2S. The van der Waals surface area contributed by atoms with Crippen molar-refractivity contribution in [1.82, 2.24) is 4.98 Å². The van der Waals surface area contributed by atoms with Gasteiger partial charge in [0.2, 0.25) is 0 Å². The summed E-state index contributed by atoms with van der Waals surface area (Å²) in [6.07, 6.45) is 2.63. The average Bonchev–Trinajstić information content (AvgIpc) is 2.97. The van der Waals surface area contributed by atoms with Crippen LogP contribution in [0.3, 0.4) is 0 Å². The van der Waals surface area contributed by atoms with Gasteiger partial charge in [-0.2, -0.15) is 0 Å². The van der Waals surface area contributed by atoms with Gasteiger partial charge >= 0.3 is 5.97 Å². The largest absolute Gasteiger partial charge is 0.481 e. The zero-order valence-electron chi connectivity index (χ0n) is 11.9. The molecule has 3 rings (SSSR count). The Balaban J connectivity index is 1.81. The molecule has 2 unspecified atom stereocenters. The fourth-order valence-corrected chi connectivity index (χ4v) is 3.77. The van der Waals surface area contributed by atoms with Crippen molar-refractivity contribution in [2.75, 3.05) is 18.0 Å². The number of hydrogen-bond acceptors (Lipinski definition) is 4. The highest BCUT2D eigenvalue weighted by Gasteiger charge is 2.30. The molecule has 2 heterocycles. The first kappa shape index (κ1) is 14.1. The van der Waals surface area contributed by atoms with Crippen molar-refractivity contribution in [2.45, 2.75) is 13.3 Å². The molecule has 1 aromatic heterocycles. The summed E-state index contributed by atoms with van der Waals surface area (Å²) in [4.78, 5) is 19.0. The van der Waals surface area contributed by atoms with E-state index in [1.165, 1.54) is 0 Å². The second kappa shape index (κ2) is 5.85. The first-order valence-corrected chi connectivity index (χ1v) is 7.94. The maximum absolute atomic E-state index is 11.3. The van der Waals surface area contributed by atoms with Gasteiger partial charge in [-0.25, -0.2) is 4.98 Å². The summed E-state index contributed by atoms with van der Waals surface area (Å²) in [7, 11) is 0. The van der Waals surface area contributed by atoms with Crippen molar-refractivity contribution in [3.63, 3.8) is 0 Å². The lowest BCUT2D eigenvalue weighted by Crippen LogP contribution is -2.42. The van der Waals surface area contributed by atoms with E-state index < -0.39 is 5.97 Å². The number of carbonyl (C=O) groups is 1. The van der Waals surface area contributed by atoms with Gasteiger partial charge in [-0.3, -0.25) is 4.79 Å². The highest BCUT2D eigenvalue weighted by atomic mass is 32.1. The Bertz CT molecular complexity index is 626. The van der Waals surface area contributed by atoms with E-state index in [9.17, 15) is 9.90 Å². The smallest absolute Gasteiger partial charge is 0.308 e. The summed E-state index contributed by atoms with van der Waals surface area (Å²) in [5, 5.41) is 10.2. The summed E-state index contributed by atoms with van der Waals surface area (Å²) < 4.78 is 0. The number of anilines is 1. The molecule has 0 radical (unpaired) electrons. The Morgan fingerprint density at radius 1 is 1.33 bits per heavy atom. The third-order valence-corrected chi connectivity index (χ3v) is 4.94.